The minimum atomic E-state index is -0.482. The Morgan fingerprint density at radius 3 is 1.29 bits per heavy atom. The summed E-state index contributed by atoms with van der Waals surface area (Å²) in [5, 5.41) is 40.8. The van der Waals surface area contributed by atoms with Gasteiger partial charge in [0.25, 0.3) is 11.4 Å². The monoisotopic (exact) mass is 684 g/mol. The van der Waals surface area contributed by atoms with E-state index in [0.717, 1.165) is 0 Å². The van der Waals surface area contributed by atoms with E-state index >= 15 is 0 Å². The minimum Gasteiger partial charge on any atom is -0.383 e. The van der Waals surface area contributed by atoms with E-state index in [0.29, 0.717) is 70.3 Å². The van der Waals surface area contributed by atoms with E-state index in [4.69, 9.17) is 24.4 Å². The summed E-state index contributed by atoms with van der Waals surface area (Å²) >= 11 is 10.6. The Balaban J connectivity index is 1.20. The van der Waals surface area contributed by atoms with Crippen LogP contribution in [0.4, 0.5) is 34.1 Å². The largest absolute Gasteiger partial charge is 0.383 e. The number of nitro benzene ring substituents is 2. The van der Waals surface area contributed by atoms with Crippen LogP contribution < -0.4 is 31.9 Å². The molecule has 0 aliphatic heterocycles. The van der Waals surface area contributed by atoms with Gasteiger partial charge in [-0.1, -0.05) is 24.3 Å². The topological polar surface area (TPSA) is 193 Å². The van der Waals surface area contributed by atoms with Gasteiger partial charge in [-0.05, 0) is 60.8 Å². The zero-order chi connectivity index (χ0) is 34.2. The van der Waals surface area contributed by atoms with Crippen molar-refractivity contribution >= 4 is 80.4 Å². The van der Waals surface area contributed by atoms with E-state index in [9.17, 15) is 29.8 Å². The summed E-state index contributed by atoms with van der Waals surface area (Å²) in [6, 6.07) is 21.9. The minimum absolute atomic E-state index is 0.0289. The van der Waals surface area contributed by atoms with Crippen molar-refractivity contribution in [1.82, 2.24) is 10.6 Å². The van der Waals surface area contributed by atoms with E-state index in [-0.39, 0.29) is 34.1 Å². The molecular formula is C32H28N8O6S2. The van der Waals surface area contributed by atoms with Crippen molar-refractivity contribution in [2.75, 3.05) is 47.4 Å². The third kappa shape index (κ3) is 7.86. The number of non-ortho nitro benzene ring substituents is 2. The number of fused-ring (bicyclic) bond motifs is 2. The SMILES string of the molecule is O=C1c2ccccc2C(=O)c2c(NCCNC(=S)Nc3ccc([N+](=O)[O-])cc3)ccc(NCCNC(=S)Nc3ccc([N+](=O)[O-])cc3)c21. The smallest absolute Gasteiger partial charge is 0.269 e. The van der Waals surface area contributed by atoms with Gasteiger partial charge in [0.05, 0.1) is 21.0 Å². The van der Waals surface area contributed by atoms with Crippen LogP contribution >= 0.6 is 24.4 Å². The lowest BCUT2D eigenvalue weighted by atomic mass is 9.82. The third-order valence-corrected chi connectivity index (χ3v) is 7.69. The maximum atomic E-state index is 13.7. The highest BCUT2D eigenvalue weighted by molar-refractivity contribution is 7.80. The molecule has 0 atom stereocenters. The Hall–Kier alpha value is -6.00. The first-order valence-corrected chi connectivity index (χ1v) is 15.4. The van der Waals surface area contributed by atoms with Crippen LogP contribution in [0, 0.1) is 20.2 Å². The molecule has 5 rings (SSSR count). The van der Waals surface area contributed by atoms with E-state index < -0.39 is 9.85 Å². The van der Waals surface area contributed by atoms with Gasteiger partial charge in [0, 0.05) is 84.3 Å². The summed E-state index contributed by atoms with van der Waals surface area (Å²) in [5.74, 6) is -0.553. The van der Waals surface area contributed by atoms with Crippen LogP contribution in [0.15, 0.2) is 84.9 Å². The van der Waals surface area contributed by atoms with Crippen molar-refractivity contribution in [2.45, 2.75) is 0 Å². The van der Waals surface area contributed by atoms with Crippen LogP contribution in [-0.2, 0) is 0 Å². The van der Waals surface area contributed by atoms with Gasteiger partial charge in [-0.2, -0.15) is 0 Å². The molecule has 0 bridgehead atoms. The Bertz CT molecular complexity index is 1780. The van der Waals surface area contributed by atoms with Crippen LogP contribution in [0.3, 0.4) is 0 Å². The molecule has 0 saturated carbocycles. The number of nitrogens with zero attached hydrogens (tertiary/aromatic N) is 2. The molecule has 4 aromatic carbocycles. The van der Waals surface area contributed by atoms with Crippen molar-refractivity contribution in [3.05, 3.63) is 127 Å². The van der Waals surface area contributed by atoms with Gasteiger partial charge in [0.1, 0.15) is 0 Å². The molecule has 244 valence electrons. The molecule has 1 aliphatic rings. The molecule has 6 N–H and O–H groups in total. The lowest BCUT2D eigenvalue weighted by molar-refractivity contribution is -0.385. The van der Waals surface area contributed by atoms with Gasteiger partial charge in [-0.3, -0.25) is 29.8 Å². The van der Waals surface area contributed by atoms with Crippen molar-refractivity contribution in [3.63, 3.8) is 0 Å². The van der Waals surface area contributed by atoms with Crippen LogP contribution in [0.2, 0.25) is 0 Å². The highest BCUT2D eigenvalue weighted by Gasteiger charge is 2.33. The summed E-state index contributed by atoms with van der Waals surface area (Å²) in [4.78, 5) is 48.2. The number of carbonyl (C=O) groups excluding carboxylic acids is 2. The number of hydrogen-bond acceptors (Lipinski definition) is 10. The van der Waals surface area contributed by atoms with E-state index in [1.54, 1.807) is 60.7 Å². The molecule has 48 heavy (non-hydrogen) atoms. The van der Waals surface area contributed by atoms with Crippen LogP contribution in [-0.4, -0.2) is 57.8 Å². The average molecular weight is 685 g/mol. The molecule has 0 aromatic heterocycles. The van der Waals surface area contributed by atoms with Crippen molar-refractivity contribution in [1.29, 1.82) is 0 Å². The highest BCUT2D eigenvalue weighted by atomic mass is 32.1. The van der Waals surface area contributed by atoms with E-state index in [1.807, 2.05) is 0 Å². The quantitative estimate of drug-likeness (QED) is 0.0441. The predicted molar refractivity (Wildman–Crippen MR) is 191 cm³/mol. The fraction of sp³-hybridized carbons (Fsp3) is 0.125. The maximum absolute atomic E-state index is 13.7. The number of rotatable bonds is 12. The molecule has 16 heteroatoms. The summed E-state index contributed by atoms with van der Waals surface area (Å²) < 4.78 is 0. The van der Waals surface area contributed by atoms with Crippen molar-refractivity contribution in [3.8, 4) is 0 Å². The standard InChI is InChI=1S/C32H28N8O6S2/c41-29-23-3-1-2-4-24(23)30(42)28-26(34-16-18-36-32(48)38-20-7-11-22(12-8-20)40(45)46)14-13-25(27(28)29)33-15-17-35-31(47)37-19-5-9-21(10-6-19)39(43)44/h1-14,33-34H,15-18H2,(H2,35,37,47)(H2,36,38,48). The molecule has 0 heterocycles. The second kappa shape index (κ2) is 15.1. The molecule has 1 aliphatic carbocycles. The number of thiocarbonyl (C=S) groups is 2. The average Bonchev–Trinajstić information content (AvgIpc) is 3.08. The molecule has 4 aromatic rings. The van der Waals surface area contributed by atoms with Gasteiger partial charge in [0.2, 0.25) is 0 Å². The molecule has 0 unspecified atom stereocenters. The zero-order valence-electron chi connectivity index (χ0n) is 25.1. The molecule has 0 spiro atoms. The Kier molecular flexibility index (Phi) is 10.5. The third-order valence-electron chi connectivity index (χ3n) is 7.20. The van der Waals surface area contributed by atoms with Gasteiger partial charge in [-0.15, -0.1) is 0 Å². The maximum Gasteiger partial charge on any atom is 0.269 e. The molecule has 0 radical (unpaired) electrons. The first kappa shape index (κ1) is 33.4. The van der Waals surface area contributed by atoms with Gasteiger partial charge in [0.15, 0.2) is 21.8 Å². The lowest BCUT2D eigenvalue weighted by Crippen LogP contribution is -2.33. The number of benzene rings is 4. The van der Waals surface area contributed by atoms with Crippen molar-refractivity contribution in [2.24, 2.45) is 0 Å². The van der Waals surface area contributed by atoms with Gasteiger partial charge >= 0.3 is 0 Å². The first-order valence-electron chi connectivity index (χ1n) is 14.5. The Morgan fingerprint density at radius 2 is 0.938 bits per heavy atom. The second-order valence-corrected chi connectivity index (χ2v) is 11.2. The van der Waals surface area contributed by atoms with E-state index in [1.165, 1.54) is 24.3 Å². The number of anilines is 4. The number of nitrogens with one attached hydrogen (secondary N) is 6. The molecule has 0 amide bonds. The number of hydrogen-bond donors (Lipinski definition) is 6. The van der Waals surface area contributed by atoms with E-state index in [2.05, 4.69) is 31.9 Å². The first-order chi connectivity index (χ1) is 23.1. The fourth-order valence-electron chi connectivity index (χ4n) is 4.95. The number of carbonyl (C=O) groups is 2. The molecular weight excluding hydrogens is 657 g/mol. The van der Waals surface area contributed by atoms with Crippen molar-refractivity contribution < 1.29 is 19.4 Å². The normalized spacial score (nSPS) is 11.4. The summed E-state index contributed by atoms with van der Waals surface area (Å²) in [7, 11) is 0. The van der Waals surface area contributed by atoms with Crippen LogP contribution in [0.25, 0.3) is 0 Å². The molecule has 0 saturated heterocycles. The summed E-state index contributed by atoms with van der Waals surface area (Å²) in [6.45, 7) is 1.44. The predicted octanol–water partition coefficient (Wildman–Crippen LogP) is 5.08. The molecule has 14 nitrogen and oxygen atoms in total. The number of nitro groups is 2. The van der Waals surface area contributed by atoms with Gasteiger partial charge < -0.3 is 31.9 Å². The fourth-order valence-corrected chi connectivity index (χ4v) is 5.39. The van der Waals surface area contributed by atoms with Crippen LogP contribution in [0.5, 0.6) is 0 Å². The highest BCUT2D eigenvalue weighted by Crippen LogP contribution is 2.36. The number of ketones is 2. The zero-order valence-corrected chi connectivity index (χ0v) is 26.7. The molecule has 0 fully saturated rings. The summed E-state index contributed by atoms with van der Waals surface area (Å²) in [6.07, 6.45) is 0. The summed E-state index contributed by atoms with van der Waals surface area (Å²) in [5.41, 5.74) is 3.27. The Morgan fingerprint density at radius 1 is 0.562 bits per heavy atom. The Labute approximate surface area is 284 Å². The van der Waals surface area contributed by atoms with Crippen LogP contribution in [0.1, 0.15) is 31.8 Å². The van der Waals surface area contributed by atoms with Gasteiger partial charge in [-0.25, -0.2) is 0 Å². The second-order valence-electron chi connectivity index (χ2n) is 10.3. The lowest BCUT2D eigenvalue weighted by Gasteiger charge is -2.24.